The van der Waals surface area contributed by atoms with Crippen LogP contribution in [0.4, 0.5) is 34.1 Å². The van der Waals surface area contributed by atoms with Gasteiger partial charge in [0.15, 0.2) is 0 Å². The van der Waals surface area contributed by atoms with Crippen LogP contribution in [0.3, 0.4) is 0 Å². The molecule has 0 saturated carbocycles. The normalized spacial score (nSPS) is 12.7. The Morgan fingerprint density at radius 3 is 1.19 bits per heavy atom. The summed E-state index contributed by atoms with van der Waals surface area (Å²) in [5.41, 5.74) is 21.5. The molecular weight excluding hydrogens is 895 g/mol. The Balaban J connectivity index is 1.19. The van der Waals surface area contributed by atoms with Crippen LogP contribution >= 0.6 is 31.9 Å². The molecule has 0 aliphatic carbocycles. The molecule has 2 heterocycles. The second kappa shape index (κ2) is 15.7. The molecule has 0 unspecified atom stereocenters. The van der Waals surface area contributed by atoms with Crippen molar-refractivity contribution in [3.63, 3.8) is 0 Å². The molecular formula is C58H43BBr2N2. The first-order chi connectivity index (χ1) is 30.7. The summed E-state index contributed by atoms with van der Waals surface area (Å²) in [6.07, 6.45) is 0. The van der Waals surface area contributed by atoms with E-state index in [1.807, 2.05) is 0 Å². The molecule has 2 aliphatic heterocycles. The second-order valence-corrected chi connectivity index (χ2v) is 19.4. The molecule has 302 valence electrons. The Kier molecular flexibility index (Phi) is 9.86. The number of rotatable bonds is 6. The zero-order chi connectivity index (χ0) is 42.8. The van der Waals surface area contributed by atoms with Crippen LogP contribution in [-0.2, 0) is 5.41 Å². The van der Waals surface area contributed by atoms with Crippen molar-refractivity contribution in [2.75, 3.05) is 9.80 Å². The monoisotopic (exact) mass is 936 g/mol. The van der Waals surface area contributed by atoms with Gasteiger partial charge in [-0.15, -0.1) is 0 Å². The largest absolute Gasteiger partial charge is 0.311 e. The molecule has 0 amide bonds. The van der Waals surface area contributed by atoms with Gasteiger partial charge in [0.25, 0.3) is 6.71 Å². The van der Waals surface area contributed by atoms with Gasteiger partial charge in [0.05, 0.1) is 11.4 Å². The summed E-state index contributed by atoms with van der Waals surface area (Å²) in [5, 5.41) is 0. The molecule has 9 aromatic rings. The van der Waals surface area contributed by atoms with Crippen LogP contribution < -0.4 is 26.2 Å². The van der Waals surface area contributed by atoms with Crippen LogP contribution in [0, 0.1) is 0 Å². The lowest BCUT2D eigenvalue weighted by atomic mass is 9.33. The topological polar surface area (TPSA) is 6.48 Å². The van der Waals surface area contributed by atoms with Crippen LogP contribution in [0.1, 0.15) is 26.3 Å². The molecule has 0 saturated heterocycles. The molecule has 5 heteroatoms. The molecule has 0 N–H and O–H groups in total. The summed E-state index contributed by atoms with van der Waals surface area (Å²) < 4.78 is 2.09. The number of halogens is 2. The predicted molar refractivity (Wildman–Crippen MR) is 276 cm³/mol. The first-order valence-electron chi connectivity index (χ1n) is 21.6. The van der Waals surface area contributed by atoms with E-state index < -0.39 is 0 Å². The van der Waals surface area contributed by atoms with Crippen molar-refractivity contribution in [3.8, 4) is 44.5 Å². The van der Waals surface area contributed by atoms with E-state index in [9.17, 15) is 0 Å². The van der Waals surface area contributed by atoms with Gasteiger partial charge in [-0.1, -0.05) is 198 Å². The van der Waals surface area contributed by atoms with E-state index in [1.54, 1.807) is 0 Å². The fraction of sp³-hybridized carbons (Fsp3) is 0.0690. The van der Waals surface area contributed by atoms with E-state index in [4.69, 9.17) is 0 Å². The number of fused-ring (bicyclic) bond motifs is 4. The van der Waals surface area contributed by atoms with Crippen LogP contribution in [-0.4, -0.2) is 6.71 Å². The molecule has 0 atom stereocenters. The maximum absolute atomic E-state index is 3.94. The van der Waals surface area contributed by atoms with Crippen molar-refractivity contribution in [1.82, 2.24) is 0 Å². The van der Waals surface area contributed by atoms with E-state index in [0.29, 0.717) is 0 Å². The predicted octanol–water partition coefficient (Wildman–Crippen LogP) is 15.3. The average molecular weight is 939 g/mol. The molecule has 2 aliphatic rings. The van der Waals surface area contributed by atoms with Crippen molar-refractivity contribution in [2.24, 2.45) is 0 Å². The summed E-state index contributed by atoms with van der Waals surface area (Å²) >= 11 is 7.87. The Labute approximate surface area is 387 Å². The maximum Gasteiger partial charge on any atom is 0.252 e. The van der Waals surface area contributed by atoms with Gasteiger partial charge in [-0.3, -0.25) is 0 Å². The zero-order valence-corrected chi connectivity index (χ0v) is 38.5. The van der Waals surface area contributed by atoms with Crippen LogP contribution in [0.2, 0.25) is 0 Å². The lowest BCUT2D eigenvalue weighted by Crippen LogP contribution is -2.61. The third kappa shape index (κ3) is 6.95. The van der Waals surface area contributed by atoms with Gasteiger partial charge in [0.2, 0.25) is 0 Å². The van der Waals surface area contributed by atoms with Gasteiger partial charge in [-0.25, -0.2) is 0 Å². The van der Waals surface area contributed by atoms with Gasteiger partial charge in [-0.05, 0) is 121 Å². The minimum Gasteiger partial charge on any atom is -0.311 e. The highest BCUT2D eigenvalue weighted by Crippen LogP contribution is 2.50. The number of benzene rings is 9. The minimum atomic E-state index is -0.152. The van der Waals surface area contributed by atoms with E-state index in [2.05, 4.69) is 269 Å². The summed E-state index contributed by atoms with van der Waals surface area (Å²) in [4.78, 5) is 5.10. The first kappa shape index (κ1) is 39.5. The van der Waals surface area contributed by atoms with Gasteiger partial charge in [0.1, 0.15) is 0 Å². The van der Waals surface area contributed by atoms with Gasteiger partial charge in [-0.2, -0.15) is 0 Å². The van der Waals surface area contributed by atoms with E-state index in [0.717, 1.165) is 20.3 Å². The molecule has 0 spiro atoms. The van der Waals surface area contributed by atoms with E-state index in [-0.39, 0.29) is 12.1 Å². The first-order valence-corrected chi connectivity index (χ1v) is 23.2. The number of nitrogens with zero attached hydrogens (tertiary/aromatic N) is 2. The van der Waals surface area contributed by atoms with E-state index >= 15 is 0 Å². The Morgan fingerprint density at radius 2 is 0.746 bits per heavy atom. The fourth-order valence-corrected chi connectivity index (χ4v) is 10.4. The van der Waals surface area contributed by atoms with Gasteiger partial charge >= 0.3 is 0 Å². The molecule has 0 aromatic heterocycles. The highest BCUT2D eigenvalue weighted by atomic mass is 79.9. The lowest BCUT2D eigenvalue weighted by molar-refractivity contribution is 0.590. The average Bonchev–Trinajstić information content (AvgIpc) is 3.31. The standard InChI is InChI=1S/C58H43BBr2N2/c1-58(2,3)44-34-55-57-56(35-44)63(52-27-13-11-25-48(52)43-23-15-21-41(33-43)39-18-8-5-9-19-39)54-37-46(61)29-31-50(54)59(57)49-30-28-45(60)36-53(49)62(55)51-26-12-10-24-47(51)42-22-14-20-40(32-42)38-16-6-4-7-17-38/h4-37H,1-3H3. The van der Waals surface area contributed by atoms with Crippen molar-refractivity contribution in [1.29, 1.82) is 0 Å². The van der Waals surface area contributed by atoms with Crippen LogP contribution in [0.5, 0.6) is 0 Å². The zero-order valence-electron chi connectivity index (χ0n) is 35.4. The summed E-state index contributed by atoms with van der Waals surface area (Å²) in [6.45, 7) is 6.99. The summed E-state index contributed by atoms with van der Waals surface area (Å²) in [6, 6.07) is 75.9. The van der Waals surface area contributed by atoms with Gasteiger partial charge in [0, 0.05) is 42.8 Å². The minimum absolute atomic E-state index is 0.00939. The summed E-state index contributed by atoms with van der Waals surface area (Å²) in [5.74, 6) is 0. The summed E-state index contributed by atoms with van der Waals surface area (Å²) in [7, 11) is 0. The smallest absolute Gasteiger partial charge is 0.252 e. The number of anilines is 6. The highest BCUT2D eigenvalue weighted by Gasteiger charge is 2.44. The number of hydrogen-bond acceptors (Lipinski definition) is 2. The van der Waals surface area contributed by atoms with Crippen LogP contribution in [0.15, 0.2) is 215 Å². The Bertz CT molecular complexity index is 3000. The van der Waals surface area contributed by atoms with Crippen molar-refractivity contribution in [2.45, 2.75) is 26.2 Å². The molecule has 0 bridgehead atoms. The molecule has 9 aromatic carbocycles. The van der Waals surface area contributed by atoms with E-state index in [1.165, 1.54) is 89.2 Å². The third-order valence-corrected chi connectivity index (χ3v) is 13.7. The fourth-order valence-electron chi connectivity index (χ4n) is 9.71. The molecule has 63 heavy (non-hydrogen) atoms. The third-order valence-electron chi connectivity index (χ3n) is 12.7. The van der Waals surface area contributed by atoms with Gasteiger partial charge < -0.3 is 9.80 Å². The highest BCUT2D eigenvalue weighted by molar-refractivity contribution is 9.10. The molecule has 0 fully saturated rings. The van der Waals surface area contributed by atoms with Crippen molar-refractivity contribution in [3.05, 3.63) is 221 Å². The molecule has 2 nitrogen and oxygen atoms in total. The molecule has 11 rings (SSSR count). The Hall–Kier alpha value is -6.40. The van der Waals surface area contributed by atoms with Crippen molar-refractivity contribution < 1.29 is 0 Å². The number of hydrogen-bond donors (Lipinski definition) is 0. The second-order valence-electron chi connectivity index (χ2n) is 17.6. The maximum atomic E-state index is 3.94. The number of para-hydroxylation sites is 2. The van der Waals surface area contributed by atoms with Crippen LogP contribution in [0.25, 0.3) is 44.5 Å². The lowest BCUT2D eigenvalue weighted by Gasteiger charge is -2.45. The quantitative estimate of drug-likeness (QED) is 0.153. The van der Waals surface area contributed by atoms with Crippen molar-refractivity contribution >= 4 is 89.1 Å². The molecule has 0 radical (unpaired) electrons. The Morgan fingerprint density at radius 1 is 0.349 bits per heavy atom. The SMILES string of the molecule is CC(C)(C)c1cc2c3c(c1)N(c1ccccc1-c1cccc(-c4ccccc4)c1)c1cc(Br)ccc1B3c1ccc(Br)cc1N2c1ccccc1-c1cccc(-c2ccccc2)c1.